The van der Waals surface area contributed by atoms with Gasteiger partial charge in [-0.1, -0.05) is 18.2 Å². The zero-order chi connectivity index (χ0) is 16.8. The highest BCUT2D eigenvalue weighted by Gasteiger charge is 2.24. The van der Waals surface area contributed by atoms with Gasteiger partial charge in [0, 0.05) is 38.3 Å². The molecule has 0 bridgehead atoms. The second kappa shape index (κ2) is 8.02. The zero-order valence-corrected chi connectivity index (χ0v) is 13.5. The van der Waals surface area contributed by atoms with Crippen molar-refractivity contribution in [1.29, 1.82) is 0 Å². The lowest BCUT2D eigenvalue weighted by molar-refractivity contribution is -0.138. The van der Waals surface area contributed by atoms with Gasteiger partial charge < -0.3 is 9.64 Å². The molecular formula is C19H21FN2O2. The van der Waals surface area contributed by atoms with Crippen molar-refractivity contribution < 1.29 is 13.9 Å². The molecule has 0 spiro atoms. The normalized spacial score (nSPS) is 17.7. The van der Waals surface area contributed by atoms with Crippen molar-refractivity contribution in [2.45, 2.75) is 25.4 Å². The van der Waals surface area contributed by atoms with Gasteiger partial charge in [-0.3, -0.25) is 9.78 Å². The van der Waals surface area contributed by atoms with Gasteiger partial charge in [0.25, 0.3) is 0 Å². The number of rotatable bonds is 5. The van der Waals surface area contributed by atoms with E-state index in [1.807, 2.05) is 23.1 Å². The summed E-state index contributed by atoms with van der Waals surface area (Å²) in [7, 11) is 0. The van der Waals surface area contributed by atoms with E-state index in [0.717, 1.165) is 11.1 Å². The number of pyridine rings is 1. The highest BCUT2D eigenvalue weighted by Crippen LogP contribution is 2.14. The Morgan fingerprint density at radius 2 is 2.17 bits per heavy atom. The lowest BCUT2D eigenvalue weighted by Crippen LogP contribution is -2.46. The largest absolute Gasteiger partial charge is 0.374 e. The van der Waals surface area contributed by atoms with Crippen molar-refractivity contribution in [2.24, 2.45) is 0 Å². The van der Waals surface area contributed by atoms with Crippen LogP contribution in [0.15, 0.2) is 48.8 Å². The maximum atomic E-state index is 13.3. The van der Waals surface area contributed by atoms with Crippen molar-refractivity contribution in [3.8, 4) is 0 Å². The van der Waals surface area contributed by atoms with Crippen LogP contribution in [0.5, 0.6) is 0 Å². The summed E-state index contributed by atoms with van der Waals surface area (Å²) >= 11 is 0. The van der Waals surface area contributed by atoms with Crippen LogP contribution in [0.25, 0.3) is 0 Å². The fraction of sp³-hybridized carbons (Fsp3) is 0.368. The number of ether oxygens (including phenoxy) is 1. The van der Waals surface area contributed by atoms with Gasteiger partial charge in [-0.05, 0) is 35.7 Å². The smallest absolute Gasteiger partial charge is 0.223 e. The van der Waals surface area contributed by atoms with Crippen LogP contribution in [0.4, 0.5) is 4.39 Å². The van der Waals surface area contributed by atoms with E-state index in [9.17, 15) is 9.18 Å². The summed E-state index contributed by atoms with van der Waals surface area (Å²) in [6, 6.07) is 10.4. The molecule has 1 aliphatic heterocycles. The Kier molecular flexibility index (Phi) is 5.54. The molecule has 24 heavy (non-hydrogen) atoms. The van der Waals surface area contributed by atoms with Gasteiger partial charge in [-0.2, -0.15) is 0 Å². The van der Waals surface area contributed by atoms with E-state index in [2.05, 4.69) is 4.98 Å². The maximum absolute atomic E-state index is 13.3. The molecule has 1 aliphatic rings. The SMILES string of the molecule is O=C(CCc1cccnc1)N1CCO[C@@H](Cc2cccc(F)c2)C1. The maximum Gasteiger partial charge on any atom is 0.223 e. The molecule has 2 aromatic rings. The second-order valence-corrected chi connectivity index (χ2v) is 6.03. The number of carbonyl (C=O) groups excluding carboxylic acids is 1. The van der Waals surface area contributed by atoms with E-state index in [-0.39, 0.29) is 17.8 Å². The molecule has 3 rings (SSSR count). The Morgan fingerprint density at radius 1 is 1.29 bits per heavy atom. The number of carbonyl (C=O) groups is 1. The van der Waals surface area contributed by atoms with Gasteiger partial charge in [-0.15, -0.1) is 0 Å². The number of hydrogen-bond donors (Lipinski definition) is 0. The molecule has 1 amide bonds. The van der Waals surface area contributed by atoms with Crippen LogP contribution in [-0.4, -0.2) is 41.6 Å². The van der Waals surface area contributed by atoms with Gasteiger partial charge in [0.2, 0.25) is 5.91 Å². The van der Waals surface area contributed by atoms with E-state index in [4.69, 9.17) is 4.74 Å². The number of amides is 1. The summed E-state index contributed by atoms with van der Waals surface area (Å²) in [6.07, 6.45) is 5.22. The summed E-state index contributed by atoms with van der Waals surface area (Å²) < 4.78 is 19.0. The lowest BCUT2D eigenvalue weighted by Gasteiger charge is -2.33. The molecule has 5 heteroatoms. The predicted molar refractivity (Wildman–Crippen MR) is 89.0 cm³/mol. The number of morpholine rings is 1. The van der Waals surface area contributed by atoms with E-state index >= 15 is 0 Å². The molecule has 1 saturated heterocycles. The zero-order valence-electron chi connectivity index (χ0n) is 13.5. The summed E-state index contributed by atoms with van der Waals surface area (Å²) in [6.45, 7) is 1.70. The first-order valence-corrected chi connectivity index (χ1v) is 8.23. The molecule has 2 heterocycles. The van der Waals surface area contributed by atoms with Crippen LogP contribution < -0.4 is 0 Å². The van der Waals surface area contributed by atoms with Crippen LogP contribution in [0.3, 0.4) is 0 Å². The Hall–Kier alpha value is -2.27. The standard InChI is InChI=1S/C19H21FN2O2/c20-17-5-1-3-16(11-17)12-18-14-22(9-10-24-18)19(23)7-6-15-4-2-8-21-13-15/h1-5,8,11,13,18H,6-7,9-10,12,14H2/t18-/m0/s1. The third-order valence-corrected chi connectivity index (χ3v) is 4.19. The number of hydrogen-bond acceptors (Lipinski definition) is 3. The van der Waals surface area contributed by atoms with Gasteiger partial charge in [-0.25, -0.2) is 4.39 Å². The summed E-state index contributed by atoms with van der Waals surface area (Å²) in [5.74, 6) is -0.112. The lowest BCUT2D eigenvalue weighted by atomic mass is 10.1. The van der Waals surface area contributed by atoms with Gasteiger partial charge >= 0.3 is 0 Å². The van der Waals surface area contributed by atoms with Gasteiger partial charge in [0.15, 0.2) is 0 Å². The van der Waals surface area contributed by atoms with Crippen LogP contribution in [0.1, 0.15) is 17.5 Å². The molecule has 0 aliphatic carbocycles. The van der Waals surface area contributed by atoms with Crippen LogP contribution in [0, 0.1) is 5.82 Å². The first-order valence-electron chi connectivity index (χ1n) is 8.23. The van der Waals surface area contributed by atoms with Gasteiger partial charge in [0.1, 0.15) is 5.82 Å². The Morgan fingerprint density at radius 3 is 2.96 bits per heavy atom. The molecule has 4 nitrogen and oxygen atoms in total. The number of benzene rings is 1. The van der Waals surface area contributed by atoms with E-state index in [1.165, 1.54) is 12.1 Å². The molecule has 1 aromatic carbocycles. The average molecular weight is 328 g/mol. The van der Waals surface area contributed by atoms with E-state index in [1.54, 1.807) is 18.5 Å². The summed E-state index contributed by atoms with van der Waals surface area (Å²) in [4.78, 5) is 18.3. The Balaban J connectivity index is 1.52. The second-order valence-electron chi connectivity index (χ2n) is 6.03. The van der Waals surface area contributed by atoms with Crippen molar-refractivity contribution in [1.82, 2.24) is 9.88 Å². The molecule has 0 radical (unpaired) electrons. The third kappa shape index (κ3) is 4.61. The van der Waals surface area contributed by atoms with Crippen molar-refractivity contribution >= 4 is 5.91 Å². The molecule has 0 unspecified atom stereocenters. The molecular weight excluding hydrogens is 307 g/mol. The molecule has 0 saturated carbocycles. The van der Waals surface area contributed by atoms with Crippen molar-refractivity contribution in [3.05, 3.63) is 65.7 Å². The minimum Gasteiger partial charge on any atom is -0.374 e. The fourth-order valence-electron chi connectivity index (χ4n) is 2.95. The summed E-state index contributed by atoms with van der Waals surface area (Å²) in [5, 5.41) is 0. The topological polar surface area (TPSA) is 42.4 Å². The van der Waals surface area contributed by atoms with E-state index in [0.29, 0.717) is 39.0 Å². The third-order valence-electron chi connectivity index (χ3n) is 4.19. The summed E-state index contributed by atoms with van der Waals surface area (Å²) in [5.41, 5.74) is 1.96. The van der Waals surface area contributed by atoms with Crippen LogP contribution >= 0.6 is 0 Å². The highest BCUT2D eigenvalue weighted by atomic mass is 19.1. The molecule has 1 aromatic heterocycles. The Bertz CT molecular complexity index is 678. The Labute approximate surface area is 141 Å². The first-order chi connectivity index (χ1) is 11.7. The highest BCUT2D eigenvalue weighted by molar-refractivity contribution is 5.76. The van der Waals surface area contributed by atoms with Crippen LogP contribution in [-0.2, 0) is 22.4 Å². The minimum atomic E-state index is -0.243. The average Bonchev–Trinajstić information content (AvgIpc) is 2.61. The molecule has 1 fully saturated rings. The predicted octanol–water partition coefficient (Wildman–Crippen LogP) is 2.62. The quantitative estimate of drug-likeness (QED) is 0.847. The monoisotopic (exact) mass is 328 g/mol. The number of halogens is 1. The molecule has 0 N–H and O–H groups in total. The number of aryl methyl sites for hydroxylation is 1. The first kappa shape index (κ1) is 16.6. The van der Waals surface area contributed by atoms with Crippen molar-refractivity contribution in [2.75, 3.05) is 19.7 Å². The minimum absolute atomic E-state index is 0.0807. The van der Waals surface area contributed by atoms with Gasteiger partial charge in [0.05, 0.1) is 12.7 Å². The van der Waals surface area contributed by atoms with E-state index < -0.39 is 0 Å². The van der Waals surface area contributed by atoms with Crippen molar-refractivity contribution in [3.63, 3.8) is 0 Å². The molecule has 1 atom stereocenters. The number of nitrogens with zero attached hydrogens (tertiary/aromatic N) is 2. The number of aromatic nitrogens is 1. The van der Waals surface area contributed by atoms with Crippen LogP contribution in [0.2, 0.25) is 0 Å². The fourth-order valence-corrected chi connectivity index (χ4v) is 2.95. The molecule has 126 valence electrons.